The van der Waals surface area contributed by atoms with E-state index >= 15 is 4.39 Å². The third-order valence-corrected chi connectivity index (χ3v) is 12.7. The molecule has 0 unspecified atom stereocenters. The SMILES string of the molecule is COC[C@H]1CN(c2cc(C)c3c4c(c(=O)oc3c2C)CN(C(=O)c2cc(N3CCCC3)c(C(=O)NS(=O)(=O)N3CCCC3)cc2F)CC4)CCN1C. The van der Waals surface area contributed by atoms with E-state index in [-0.39, 0.29) is 30.3 Å². The topological polar surface area (TPSA) is 136 Å². The number of carbonyl (C=O) groups excluding carboxylic acids is 2. The Hall–Kier alpha value is -4.05. The molecular formula is C37H47FN6O7S. The number of hydrogen-bond donors (Lipinski definition) is 1. The fraction of sp³-hybridized carbons (Fsp3) is 0.541. The third-order valence-electron chi connectivity index (χ3n) is 11.2. The predicted molar refractivity (Wildman–Crippen MR) is 196 cm³/mol. The molecule has 1 aromatic heterocycles. The van der Waals surface area contributed by atoms with Crippen LogP contribution in [0.5, 0.6) is 0 Å². The molecule has 0 saturated carbocycles. The molecule has 15 heteroatoms. The smallest absolute Gasteiger partial charge is 0.341 e. The maximum atomic E-state index is 15.9. The molecule has 0 aliphatic carbocycles. The highest BCUT2D eigenvalue weighted by molar-refractivity contribution is 7.87. The van der Waals surface area contributed by atoms with Crippen LogP contribution >= 0.6 is 0 Å². The molecular weight excluding hydrogens is 692 g/mol. The predicted octanol–water partition coefficient (Wildman–Crippen LogP) is 3.18. The van der Waals surface area contributed by atoms with Gasteiger partial charge in [-0.25, -0.2) is 13.9 Å². The van der Waals surface area contributed by atoms with Crippen LogP contribution in [-0.2, 0) is 27.9 Å². The molecule has 5 heterocycles. The van der Waals surface area contributed by atoms with Crippen LogP contribution in [0.2, 0.25) is 0 Å². The number of likely N-dealkylation sites (N-methyl/N-ethyl adjacent to an activating group) is 1. The molecule has 7 rings (SSSR count). The number of halogens is 1. The Morgan fingerprint density at radius 1 is 0.923 bits per heavy atom. The second-order valence-electron chi connectivity index (χ2n) is 14.5. The average molecular weight is 739 g/mol. The number of amides is 2. The fourth-order valence-corrected chi connectivity index (χ4v) is 9.47. The standard InChI is InChI=1S/C37H47FN6O7S/c1-23-17-31(42-16-15-40(3)25(20-42)22-50-4)24(2)34-33(23)26-9-14-43(21-29(26)37(47)51-34)36(46)27-19-32(41-10-5-6-11-41)28(18-30(27)38)35(45)39-52(48,49)44-12-7-8-13-44/h17-19,25H,5-16,20-22H2,1-4H3,(H,39,45)/t25-/m1/s1. The van der Waals surface area contributed by atoms with Crippen molar-refractivity contribution in [2.75, 3.05) is 82.9 Å². The molecule has 0 bridgehead atoms. The molecule has 0 spiro atoms. The highest BCUT2D eigenvalue weighted by Gasteiger charge is 2.34. The minimum atomic E-state index is -4.10. The summed E-state index contributed by atoms with van der Waals surface area (Å²) in [4.78, 5) is 48.9. The molecule has 4 aliphatic heterocycles. The Kier molecular flexibility index (Phi) is 10.1. The monoisotopic (exact) mass is 738 g/mol. The van der Waals surface area contributed by atoms with Crippen molar-refractivity contribution < 1.29 is 31.6 Å². The molecule has 3 fully saturated rings. The Balaban J connectivity index is 1.18. The summed E-state index contributed by atoms with van der Waals surface area (Å²) in [6, 6.07) is 4.68. The average Bonchev–Trinajstić information content (AvgIpc) is 3.87. The van der Waals surface area contributed by atoms with Crippen LogP contribution in [0, 0.1) is 19.7 Å². The van der Waals surface area contributed by atoms with Gasteiger partial charge in [0.15, 0.2) is 0 Å². The van der Waals surface area contributed by atoms with Crippen molar-refractivity contribution in [1.82, 2.24) is 18.8 Å². The van der Waals surface area contributed by atoms with E-state index < -0.39 is 33.5 Å². The van der Waals surface area contributed by atoms with E-state index in [9.17, 15) is 22.8 Å². The van der Waals surface area contributed by atoms with Gasteiger partial charge in [-0.2, -0.15) is 12.7 Å². The van der Waals surface area contributed by atoms with E-state index in [2.05, 4.69) is 27.6 Å². The van der Waals surface area contributed by atoms with Gasteiger partial charge in [0, 0.05) is 76.1 Å². The first-order valence-electron chi connectivity index (χ1n) is 18.1. The normalized spacial score (nSPS) is 20.2. The number of nitrogens with one attached hydrogen (secondary N) is 1. The number of piperazine rings is 1. The van der Waals surface area contributed by atoms with E-state index in [1.165, 1.54) is 15.3 Å². The van der Waals surface area contributed by atoms with Crippen molar-refractivity contribution in [1.29, 1.82) is 0 Å². The number of carbonyl (C=O) groups is 2. The Morgan fingerprint density at radius 3 is 2.35 bits per heavy atom. The highest BCUT2D eigenvalue weighted by Crippen LogP contribution is 2.37. The summed E-state index contributed by atoms with van der Waals surface area (Å²) >= 11 is 0. The molecule has 52 heavy (non-hydrogen) atoms. The summed E-state index contributed by atoms with van der Waals surface area (Å²) in [5, 5.41) is 0.868. The number of aryl methyl sites for hydroxylation is 2. The van der Waals surface area contributed by atoms with Crippen LogP contribution in [0.1, 0.15) is 68.7 Å². The second-order valence-corrected chi connectivity index (χ2v) is 16.2. The maximum Gasteiger partial charge on any atom is 0.341 e. The number of hydrogen-bond acceptors (Lipinski definition) is 10. The van der Waals surface area contributed by atoms with Crippen LogP contribution in [0.25, 0.3) is 11.0 Å². The molecule has 1 N–H and O–H groups in total. The van der Waals surface area contributed by atoms with Crippen LogP contribution in [0.3, 0.4) is 0 Å². The number of fused-ring (bicyclic) bond motifs is 3. The van der Waals surface area contributed by atoms with Crippen LogP contribution in [0.4, 0.5) is 15.8 Å². The van der Waals surface area contributed by atoms with E-state index in [0.29, 0.717) is 68.9 Å². The first kappa shape index (κ1) is 36.3. The van der Waals surface area contributed by atoms with Gasteiger partial charge in [-0.05, 0) is 82.3 Å². The Labute approximate surface area is 303 Å². The number of rotatable bonds is 8. The maximum absolute atomic E-state index is 15.9. The molecule has 3 saturated heterocycles. The molecule has 13 nitrogen and oxygen atoms in total. The molecule has 3 aromatic rings. The molecule has 280 valence electrons. The molecule has 0 radical (unpaired) electrons. The lowest BCUT2D eigenvalue weighted by Crippen LogP contribution is -2.53. The number of anilines is 2. The largest absolute Gasteiger partial charge is 0.422 e. The van der Waals surface area contributed by atoms with Crippen molar-refractivity contribution in [3.63, 3.8) is 0 Å². The quantitative estimate of drug-likeness (QED) is 0.344. The molecule has 4 aliphatic rings. The number of benzene rings is 2. The summed E-state index contributed by atoms with van der Waals surface area (Å²) in [6.45, 7) is 9.04. The third kappa shape index (κ3) is 6.67. The highest BCUT2D eigenvalue weighted by atomic mass is 32.2. The van der Waals surface area contributed by atoms with Gasteiger partial charge < -0.3 is 23.9 Å². The Morgan fingerprint density at radius 2 is 1.63 bits per heavy atom. The van der Waals surface area contributed by atoms with Crippen molar-refractivity contribution in [3.05, 3.63) is 67.8 Å². The van der Waals surface area contributed by atoms with Crippen molar-refractivity contribution in [2.45, 2.75) is 58.5 Å². The lowest BCUT2D eigenvalue weighted by atomic mass is 9.92. The van der Waals surface area contributed by atoms with Gasteiger partial charge in [-0.3, -0.25) is 14.5 Å². The van der Waals surface area contributed by atoms with Gasteiger partial charge in [-0.1, -0.05) is 0 Å². The van der Waals surface area contributed by atoms with E-state index in [1.807, 2.05) is 18.7 Å². The number of ether oxygens (including phenoxy) is 1. The van der Waals surface area contributed by atoms with Crippen molar-refractivity contribution in [2.24, 2.45) is 0 Å². The number of nitrogens with zero attached hydrogens (tertiary/aromatic N) is 5. The zero-order valence-electron chi connectivity index (χ0n) is 30.3. The van der Waals surface area contributed by atoms with Gasteiger partial charge in [0.2, 0.25) is 0 Å². The fourth-order valence-electron chi connectivity index (χ4n) is 8.25. The Bertz CT molecular complexity index is 2080. The van der Waals surface area contributed by atoms with Crippen LogP contribution in [-0.4, -0.2) is 114 Å². The second kappa shape index (κ2) is 14.4. The van der Waals surface area contributed by atoms with Crippen LogP contribution < -0.4 is 20.1 Å². The minimum Gasteiger partial charge on any atom is -0.422 e. The summed E-state index contributed by atoms with van der Waals surface area (Å²) in [6.07, 6.45) is 3.45. The molecule has 1 atom stereocenters. The summed E-state index contributed by atoms with van der Waals surface area (Å²) in [7, 11) is -0.301. The summed E-state index contributed by atoms with van der Waals surface area (Å²) in [5.74, 6) is -2.51. The lowest BCUT2D eigenvalue weighted by Gasteiger charge is -2.41. The summed E-state index contributed by atoms with van der Waals surface area (Å²) < 4.78 is 56.4. The molecule has 2 aromatic carbocycles. The van der Waals surface area contributed by atoms with E-state index in [4.69, 9.17) is 9.15 Å². The van der Waals surface area contributed by atoms with Gasteiger partial charge in [-0.15, -0.1) is 0 Å². The van der Waals surface area contributed by atoms with Crippen molar-refractivity contribution >= 4 is 44.4 Å². The summed E-state index contributed by atoms with van der Waals surface area (Å²) in [5.41, 5.74) is 4.00. The zero-order valence-corrected chi connectivity index (χ0v) is 31.1. The number of methoxy groups -OCH3 is 1. The van der Waals surface area contributed by atoms with Gasteiger partial charge >= 0.3 is 15.8 Å². The van der Waals surface area contributed by atoms with Crippen molar-refractivity contribution in [3.8, 4) is 0 Å². The first-order valence-corrected chi connectivity index (χ1v) is 19.5. The molecule has 2 amide bonds. The van der Waals surface area contributed by atoms with Gasteiger partial charge in [0.05, 0.1) is 41.6 Å². The van der Waals surface area contributed by atoms with Gasteiger partial charge in [0.25, 0.3) is 11.8 Å². The first-order chi connectivity index (χ1) is 24.9. The zero-order chi connectivity index (χ0) is 36.9. The van der Waals surface area contributed by atoms with E-state index in [0.717, 1.165) is 66.3 Å². The lowest BCUT2D eigenvalue weighted by molar-refractivity contribution is 0.0727. The van der Waals surface area contributed by atoms with Crippen LogP contribution in [0.15, 0.2) is 27.4 Å². The minimum absolute atomic E-state index is 0.0569. The van der Waals surface area contributed by atoms with E-state index in [1.54, 1.807) is 7.11 Å². The van der Waals surface area contributed by atoms with Gasteiger partial charge in [0.1, 0.15) is 11.4 Å².